The van der Waals surface area contributed by atoms with Gasteiger partial charge in [0.1, 0.15) is 22.2 Å². The quantitative estimate of drug-likeness (QED) is 0.411. The van der Waals surface area contributed by atoms with Crippen LogP contribution in [0.4, 0.5) is 5.00 Å². The third-order valence-corrected chi connectivity index (χ3v) is 9.05. The molecule has 35 heavy (non-hydrogen) atoms. The fourth-order valence-corrected chi connectivity index (χ4v) is 7.22. The molecule has 1 N–H and O–H groups in total. The molecule has 0 fully saturated rings. The highest BCUT2D eigenvalue weighted by atomic mass is 32.2. The van der Waals surface area contributed by atoms with E-state index in [1.165, 1.54) is 22.2 Å². The van der Waals surface area contributed by atoms with Gasteiger partial charge in [-0.15, -0.1) is 23.1 Å². The number of nitrogens with zero attached hydrogens (tertiary/aromatic N) is 3. The lowest BCUT2D eigenvalue weighted by atomic mass is 9.82. The number of thiophene rings is 1. The topological polar surface area (TPSA) is 89.6 Å². The number of benzene rings is 1. The van der Waals surface area contributed by atoms with Crippen molar-refractivity contribution in [2.24, 2.45) is 0 Å². The minimum absolute atomic E-state index is 0.102. The number of hydrogen-bond acceptors (Lipinski definition) is 6. The minimum Gasteiger partial charge on any atom is -0.317 e. The second kappa shape index (κ2) is 10.6. The van der Waals surface area contributed by atoms with Crippen molar-refractivity contribution in [2.75, 3.05) is 11.1 Å². The molecule has 1 aromatic carbocycles. The number of aryl methyl sites for hydroxylation is 2. The molecule has 0 spiro atoms. The SMILES string of the molecule is N#Cc1cc2c(nc1SCCC(=O)Nc1sc3c(c1C#N)CCCC3)CCC(c1ccccc1)C2. The molecule has 1 unspecified atom stereocenters. The van der Waals surface area contributed by atoms with Crippen molar-refractivity contribution in [1.82, 2.24) is 4.98 Å². The second-order valence-corrected chi connectivity index (χ2v) is 11.3. The van der Waals surface area contributed by atoms with Crippen molar-refractivity contribution in [3.8, 4) is 12.1 Å². The van der Waals surface area contributed by atoms with E-state index in [4.69, 9.17) is 4.98 Å². The van der Waals surface area contributed by atoms with Crippen LogP contribution in [-0.2, 0) is 30.5 Å². The molecule has 1 amide bonds. The number of rotatable bonds is 6. The Kier molecular flexibility index (Phi) is 7.18. The number of amides is 1. The molecule has 3 aromatic rings. The number of anilines is 1. The lowest BCUT2D eigenvalue weighted by molar-refractivity contribution is -0.115. The summed E-state index contributed by atoms with van der Waals surface area (Å²) in [6.45, 7) is 0. The highest BCUT2D eigenvalue weighted by molar-refractivity contribution is 7.99. The van der Waals surface area contributed by atoms with Gasteiger partial charge in [-0.25, -0.2) is 4.98 Å². The zero-order valence-corrected chi connectivity index (χ0v) is 21.1. The van der Waals surface area contributed by atoms with Crippen molar-refractivity contribution in [3.05, 3.63) is 74.8 Å². The van der Waals surface area contributed by atoms with Gasteiger partial charge in [0.25, 0.3) is 0 Å². The van der Waals surface area contributed by atoms with E-state index in [1.54, 1.807) is 11.3 Å². The zero-order valence-electron chi connectivity index (χ0n) is 19.5. The van der Waals surface area contributed by atoms with Gasteiger partial charge in [0.15, 0.2) is 0 Å². The van der Waals surface area contributed by atoms with Gasteiger partial charge in [0.05, 0.1) is 11.1 Å². The molecule has 2 aliphatic carbocycles. The van der Waals surface area contributed by atoms with Gasteiger partial charge in [0, 0.05) is 22.7 Å². The Balaban J connectivity index is 1.21. The van der Waals surface area contributed by atoms with E-state index >= 15 is 0 Å². The summed E-state index contributed by atoms with van der Waals surface area (Å²) in [4.78, 5) is 18.7. The van der Waals surface area contributed by atoms with Crippen LogP contribution in [0.15, 0.2) is 41.4 Å². The van der Waals surface area contributed by atoms with Crippen LogP contribution in [0.5, 0.6) is 0 Å². The van der Waals surface area contributed by atoms with Gasteiger partial charge in [-0.1, -0.05) is 30.3 Å². The Labute approximate surface area is 214 Å². The summed E-state index contributed by atoms with van der Waals surface area (Å²) < 4.78 is 0. The molecule has 5 nitrogen and oxygen atoms in total. The van der Waals surface area contributed by atoms with Crippen LogP contribution in [0, 0.1) is 22.7 Å². The second-order valence-electron chi connectivity index (χ2n) is 9.08. The molecule has 0 saturated heterocycles. The first-order valence-corrected chi connectivity index (χ1v) is 13.9. The lowest BCUT2D eigenvalue weighted by Crippen LogP contribution is -2.15. The number of hydrogen-bond donors (Lipinski definition) is 1. The predicted octanol–water partition coefficient (Wildman–Crippen LogP) is 6.16. The fraction of sp³-hybridized carbons (Fsp3) is 0.357. The van der Waals surface area contributed by atoms with Gasteiger partial charge in [-0.3, -0.25) is 4.79 Å². The Morgan fingerprint density at radius 1 is 1.14 bits per heavy atom. The highest BCUT2D eigenvalue weighted by Crippen LogP contribution is 2.38. The molecule has 2 aliphatic rings. The Hall–Kier alpha value is -3.13. The van der Waals surface area contributed by atoms with Gasteiger partial charge < -0.3 is 5.32 Å². The summed E-state index contributed by atoms with van der Waals surface area (Å²) in [5.74, 6) is 0.890. The van der Waals surface area contributed by atoms with Crippen molar-refractivity contribution >= 4 is 34.0 Å². The van der Waals surface area contributed by atoms with Crippen molar-refractivity contribution in [3.63, 3.8) is 0 Å². The number of carbonyl (C=O) groups excluding carboxylic acids is 1. The van der Waals surface area contributed by atoms with Gasteiger partial charge in [-0.05, 0) is 73.6 Å². The largest absolute Gasteiger partial charge is 0.317 e. The van der Waals surface area contributed by atoms with Crippen LogP contribution < -0.4 is 5.32 Å². The summed E-state index contributed by atoms with van der Waals surface area (Å²) in [6, 6.07) is 17.1. The molecule has 176 valence electrons. The van der Waals surface area contributed by atoms with Crippen molar-refractivity contribution < 1.29 is 4.79 Å². The highest BCUT2D eigenvalue weighted by Gasteiger charge is 2.24. The first-order valence-electron chi connectivity index (χ1n) is 12.1. The van der Waals surface area contributed by atoms with Crippen LogP contribution in [0.25, 0.3) is 0 Å². The Bertz CT molecular complexity index is 1330. The molecule has 1 atom stereocenters. The molecule has 2 aromatic heterocycles. The van der Waals surface area contributed by atoms with Crippen molar-refractivity contribution in [2.45, 2.75) is 62.3 Å². The maximum atomic E-state index is 12.6. The number of fused-ring (bicyclic) bond motifs is 2. The first-order chi connectivity index (χ1) is 17.2. The number of nitrogens with one attached hydrogen (secondary N) is 1. The molecule has 0 aliphatic heterocycles. The third kappa shape index (κ3) is 5.12. The molecular weight excluding hydrogens is 472 g/mol. The van der Waals surface area contributed by atoms with Crippen LogP contribution in [0.2, 0.25) is 0 Å². The summed E-state index contributed by atoms with van der Waals surface area (Å²) in [6.07, 6.45) is 7.32. The first kappa shape index (κ1) is 23.6. The summed E-state index contributed by atoms with van der Waals surface area (Å²) in [5.41, 5.74) is 5.93. The van der Waals surface area contributed by atoms with Crippen molar-refractivity contribution in [1.29, 1.82) is 10.5 Å². The maximum Gasteiger partial charge on any atom is 0.225 e. The predicted molar refractivity (Wildman–Crippen MR) is 140 cm³/mol. The molecule has 0 radical (unpaired) electrons. The molecule has 2 heterocycles. The van der Waals surface area contributed by atoms with E-state index in [0.29, 0.717) is 39.2 Å². The molecular formula is C28H26N4OS2. The smallest absolute Gasteiger partial charge is 0.225 e. The van der Waals surface area contributed by atoms with Gasteiger partial charge in [0.2, 0.25) is 5.91 Å². The normalized spacial score (nSPS) is 16.5. The van der Waals surface area contributed by atoms with Crippen LogP contribution in [0.3, 0.4) is 0 Å². The number of aromatic nitrogens is 1. The Morgan fingerprint density at radius 2 is 1.97 bits per heavy atom. The fourth-order valence-electron chi connectivity index (χ4n) is 5.05. The lowest BCUT2D eigenvalue weighted by Gasteiger charge is -2.25. The third-order valence-electron chi connectivity index (χ3n) is 6.85. The van der Waals surface area contributed by atoms with E-state index in [0.717, 1.165) is 61.8 Å². The van der Waals surface area contributed by atoms with Crippen LogP contribution in [-0.4, -0.2) is 16.6 Å². The number of pyridine rings is 1. The van der Waals surface area contributed by atoms with E-state index in [9.17, 15) is 15.3 Å². The standard InChI is InChI=1S/C28H26N4OS2/c29-16-21-15-20-14-19(18-6-2-1-3-7-18)10-11-24(20)31-27(21)34-13-12-26(33)32-28-23(17-30)22-8-4-5-9-25(22)35-28/h1-3,6-7,15,19H,4-5,8-14H2,(H,32,33). The van der Waals surface area contributed by atoms with Gasteiger partial charge in [-0.2, -0.15) is 10.5 Å². The van der Waals surface area contributed by atoms with Gasteiger partial charge >= 0.3 is 0 Å². The summed E-state index contributed by atoms with van der Waals surface area (Å²) >= 11 is 3.01. The summed E-state index contributed by atoms with van der Waals surface area (Å²) in [7, 11) is 0. The molecule has 0 bridgehead atoms. The number of thioether (sulfide) groups is 1. The maximum absolute atomic E-state index is 12.6. The van der Waals surface area contributed by atoms with E-state index in [2.05, 4.69) is 41.7 Å². The van der Waals surface area contributed by atoms with Crippen LogP contribution in [0.1, 0.15) is 70.0 Å². The number of carbonyl (C=O) groups is 1. The zero-order chi connectivity index (χ0) is 24.2. The monoisotopic (exact) mass is 498 g/mol. The summed E-state index contributed by atoms with van der Waals surface area (Å²) in [5, 5.41) is 23.7. The minimum atomic E-state index is -0.102. The average molecular weight is 499 g/mol. The van der Waals surface area contributed by atoms with E-state index < -0.39 is 0 Å². The molecule has 0 saturated carbocycles. The van der Waals surface area contributed by atoms with E-state index in [1.807, 2.05) is 12.1 Å². The molecule has 5 rings (SSSR count). The Morgan fingerprint density at radius 3 is 2.77 bits per heavy atom. The van der Waals surface area contributed by atoms with E-state index in [-0.39, 0.29) is 5.91 Å². The van der Waals surface area contributed by atoms with Crippen LogP contribution >= 0.6 is 23.1 Å². The number of nitriles is 2. The average Bonchev–Trinajstić information content (AvgIpc) is 3.25. The molecule has 7 heteroatoms.